The molecule has 0 saturated heterocycles. The van der Waals surface area contributed by atoms with Crippen LogP contribution in [0.1, 0.15) is 21.7 Å². The molecule has 148 valence electrons. The summed E-state index contributed by atoms with van der Waals surface area (Å²) in [6.45, 7) is 1.67. The molecule has 4 rings (SSSR count). The van der Waals surface area contributed by atoms with Crippen LogP contribution in [-0.2, 0) is 6.18 Å². The second-order valence-corrected chi connectivity index (χ2v) is 6.69. The highest BCUT2D eigenvalue weighted by molar-refractivity contribution is 6.30. The predicted octanol–water partition coefficient (Wildman–Crippen LogP) is 5.45. The van der Waals surface area contributed by atoms with E-state index >= 15 is 0 Å². The molecule has 0 saturated carbocycles. The molecule has 29 heavy (non-hydrogen) atoms. The SMILES string of the molecule is Cc1cc(NC(=O)c2cccc3[nH]c(-c4ccc(Cl)cc4C(F)(F)F)nc23)no1. The van der Waals surface area contributed by atoms with E-state index in [-0.39, 0.29) is 33.3 Å². The number of fused-ring (bicyclic) bond motifs is 1. The molecule has 0 atom stereocenters. The van der Waals surface area contributed by atoms with Crippen molar-refractivity contribution < 1.29 is 22.5 Å². The number of halogens is 4. The summed E-state index contributed by atoms with van der Waals surface area (Å²) in [5.74, 6) is 0.191. The highest BCUT2D eigenvalue weighted by atomic mass is 35.5. The van der Waals surface area contributed by atoms with E-state index in [1.165, 1.54) is 24.3 Å². The number of anilines is 1. The van der Waals surface area contributed by atoms with E-state index in [1.807, 2.05) is 0 Å². The van der Waals surface area contributed by atoms with Gasteiger partial charge in [0.05, 0.1) is 16.6 Å². The van der Waals surface area contributed by atoms with Gasteiger partial charge in [-0.25, -0.2) is 4.98 Å². The molecule has 0 unspecified atom stereocenters. The van der Waals surface area contributed by atoms with Crippen LogP contribution in [0, 0.1) is 6.92 Å². The molecule has 0 fully saturated rings. The normalized spacial score (nSPS) is 11.8. The number of aromatic nitrogens is 3. The quantitative estimate of drug-likeness (QED) is 0.461. The lowest BCUT2D eigenvalue weighted by Gasteiger charge is -2.11. The summed E-state index contributed by atoms with van der Waals surface area (Å²) in [5, 5.41) is 6.21. The summed E-state index contributed by atoms with van der Waals surface area (Å²) in [4.78, 5) is 19.7. The van der Waals surface area contributed by atoms with Crippen molar-refractivity contribution in [3.63, 3.8) is 0 Å². The predicted molar refractivity (Wildman–Crippen MR) is 101 cm³/mol. The first kappa shape index (κ1) is 19.0. The molecule has 0 aliphatic carbocycles. The molecule has 0 aliphatic heterocycles. The zero-order valence-corrected chi connectivity index (χ0v) is 15.5. The minimum Gasteiger partial charge on any atom is -0.360 e. The summed E-state index contributed by atoms with van der Waals surface area (Å²) in [6, 6.07) is 9.69. The molecule has 4 aromatic rings. The van der Waals surface area contributed by atoms with Crippen molar-refractivity contribution in [2.75, 3.05) is 5.32 Å². The molecular weight excluding hydrogens is 409 g/mol. The zero-order valence-electron chi connectivity index (χ0n) is 14.8. The number of H-pyrrole nitrogens is 1. The van der Waals surface area contributed by atoms with Gasteiger partial charge in [0.15, 0.2) is 5.82 Å². The summed E-state index contributed by atoms with van der Waals surface area (Å²) in [7, 11) is 0. The van der Waals surface area contributed by atoms with Gasteiger partial charge in [0.2, 0.25) is 0 Å². The molecule has 2 heterocycles. The van der Waals surface area contributed by atoms with Gasteiger partial charge in [0.1, 0.15) is 17.1 Å². The van der Waals surface area contributed by atoms with Gasteiger partial charge in [-0.3, -0.25) is 4.79 Å². The number of nitrogens with one attached hydrogen (secondary N) is 2. The Morgan fingerprint density at radius 1 is 1.21 bits per heavy atom. The maximum absolute atomic E-state index is 13.4. The van der Waals surface area contributed by atoms with Crippen molar-refractivity contribution in [3.8, 4) is 11.4 Å². The molecular formula is C19H12ClF3N4O2. The van der Waals surface area contributed by atoms with Crippen molar-refractivity contribution >= 4 is 34.4 Å². The Bertz CT molecular complexity index is 1230. The van der Waals surface area contributed by atoms with E-state index in [9.17, 15) is 18.0 Å². The Morgan fingerprint density at radius 2 is 2.00 bits per heavy atom. The second kappa shape index (κ2) is 6.93. The van der Waals surface area contributed by atoms with E-state index in [4.69, 9.17) is 16.1 Å². The Balaban J connectivity index is 1.79. The highest BCUT2D eigenvalue weighted by Crippen LogP contribution is 2.38. The van der Waals surface area contributed by atoms with Gasteiger partial charge >= 0.3 is 6.18 Å². The minimum atomic E-state index is -4.62. The third kappa shape index (κ3) is 3.68. The number of carbonyl (C=O) groups excluding carboxylic acids is 1. The van der Waals surface area contributed by atoms with Gasteiger partial charge in [-0.15, -0.1) is 0 Å². The van der Waals surface area contributed by atoms with Crippen molar-refractivity contribution in [2.24, 2.45) is 0 Å². The largest absolute Gasteiger partial charge is 0.417 e. The standard InChI is InChI=1S/C19H12ClF3N4O2/c1-9-7-15(27-29-9)25-18(28)12-3-2-4-14-16(12)26-17(24-14)11-6-5-10(20)8-13(11)19(21,22)23/h2-8H,1H3,(H,24,26)(H,25,27,28). The van der Waals surface area contributed by atoms with Gasteiger partial charge in [0.25, 0.3) is 5.91 Å². The molecule has 0 aliphatic rings. The maximum atomic E-state index is 13.4. The van der Waals surface area contributed by atoms with Crippen LogP contribution in [0.25, 0.3) is 22.4 Å². The van der Waals surface area contributed by atoms with Gasteiger partial charge in [-0.05, 0) is 37.3 Å². The minimum absolute atomic E-state index is 0.0264. The fourth-order valence-electron chi connectivity index (χ4n) is 2.91. The lowest BCUT2D eigenvalue weighted by atomic mass is 10.1. The molecule has 2 N–H and O–H groups in total. The van der Waals surface area contributed by atoms with Crippen molar-refractivity contribution in [1.82, 2.24) is 15.1 Å². The van der Waals surface area contributed by atoms with E-state index in [1.54, 1.807) is 19.1 Å². The fourth-order valence-corrected chi connectivity index (χ4v) is 3.08. The number of hydrogen-bond donors (Lipinski definition) is 2. The number of benzene rings is 2. The first-order valence-corrected chi connectivity index (χ1v) is 8.70. The van der Waals surface area contributed by atoms with Gasteiger partial charge in [0, 0.05) is 16.7 Å². The summed E-state index contributed by atoms with van der Waals surface area (Å²) in [6.07, 6.45) is -4.62. The average Bonchev–Trinajstić information content (AvgIpc) is 3.26. The number of alkyl halides is 3. The maximum Gasteiger partial charge on any atom is 0.417 e. The number of nitrogens with zero attached hydrogens (tertiary/aromatic N) is 2. The Hall–Kier alpha value is -3.33. The highest BCUT2D eigenvalue weighted by Gasteiger charge is 2.34. The van der Waals surface area contributed by atoms with Crippen molar-refractivity contribution in [3.05, 3.63) is 64.4 Å². The third-order valence-electron chi connectivity index (χ3n) is 4.17. The number of para-hydroxylation sites is 1. The van der Waals surface area contributed by atoms with Crippen molar-refractivity contribution in [2.45, 2.75) is 13.1 Å². The first-order valence-electron chi connectivity index (χ1n) is 8.33. The lowest BCUT2D eigenvalue weighted by molar-refractivity contribution is -0.137. The van der Waals surface area contributed by atoms with Crippen molar-refractivity contribution in [1.29, 1.82) is 0 Å². The molecule has 6 nitrogen and oxygen atoms in total. The number of hydrogen-bond acceptors (Lipinski definition) is 4. The van der Waals surface area contributed by atoms with Gasteiger partial charge in [-0.1, -0.05) is 22.8 Å². The average molecular weight is 421 g/mol. The van der Waals surface area contributed by atoms with E-state index in [0.29, 0.717) is 11.3 Å². The van der Waals surface area contributed by atoms with E-state index < -0.39 is 17.6 Å². The number of imidazole rings is 1. The topological polar surface area (TPSA) is 83.8 Å². The summed E-state index contributed by atoms with van der Waals surface area (Å²) in [5.41, 5.74) is -0.284. The number of carbonyl (C=O) groups is 1. The smallest absolute Gasteiger partial charge is 0.360 e. The van der Waals surface area contributed by atoms with E-state index in [0.717, 1.165) is 6.07 Å². The zero-order chi connectivity index (χ0) is 20.8. The molecule has 2 aromatic heterocycles. The van der Waals surface area contributed by atoms with Crippen LogP contribution in [-0.4, -0.2) is 21.0 Å². The van der Waals surface area contributed by atoms with Crippen LogP contribution < -0.4 is 5.32 Å². The number of aryl methyl sites for hydroxylation is 1. The molecule has 0 radical (unpaired) electrons. The summed E-state index contributed by atoms with van der Waals surface area (Å²) < 4.78 is 45.2. The summed E-state index contributed by atoms with van der Waals surface area (Å²) >= 11 is 5.74. The second-order valence-electron chi connectivity index (χ2n) is 6.25. The first-order chi connectivity index (χ1) is 13.7. The molecule has 1 amide bonds. The Labute approximate surface area is 166 Å². The molecule has 10 heteroatoms. The fraction of sp³-hybridized carbons (Fsp3) is 0.105. The van der Waals surface area contributed by atoms with Crippen LogP contribution in [0.4, 0.5) is 19.0 Å². The Morgan fingerprint density at radius 3 is 2.69 bits per heavy atom. The lowest BCUT2D eigenvalue weighted by Crippen LogP contribution is -2.12. The number of rotatable bonds is 3. The van der Waals surface area contributed by atoms with E-state index in [2.05, 4.69) is 20.4 Å². The van der Waals surface area contributed by atoms with Crippen LogP contribution in [0.3, 0.4) is 0 Å². The van der Waals surface area contributed by atoms with Crippen LogP contribution in [0.5, 0.6) is 0 Å². The monoisotopic (exact) mass is 420 g/mol. The molecule has 2 aromatic carbocycles. The third-order valence-corrected chi connectivity index (χ3v) is 4.40. The number of amides is 1. The number of aromatic amines is 1. The Kier molecular flexibility index (Phi) is 4.54. The molecule has 0 spiro atoms. The van der Waals surface area contributed by atoms with Crippen LogP contribution in [0.2, 0.25) is 5.02 Å². The molecule has 0 bridgehead atoms. The van der Waals surface area contributed by atoms with Gasteiger partial charge in [-0.2, -0.15) is 13.2 Å². The van der Waals surface area contributed by atoms with Crippen LogP contribution >= 0.6 is 11.6 Å². The van der Waals surface area contributed by atoms with Crippen LogP contribution in [0.15, 0.2) is 47.0 Å². The van der Waals surface area contributed by atoms with Gasteiger partial charge < -0.3 is 14.8 Å².